The van der Waals surface area contributed by atoms with E-state index in [0.29, 0.717) is 22.1 Å². The number of nitrogens with zero attached hydrogens (tertiary/aromatic N) is 2. The molecule has 0 fully saturated rings. The smallest absolute Gasteiger partial charge is 0.247 e. The lowest BCUT2D eigenvalue weighted by Crippen LogP contribution is -2.10. The Labute approximate surface area is 188 Å². The van der Waals surface area contributed by atoms with Crippen molar-refractivity contribution in [1.29, 1.82) is 0 Å². The van der Waals surface area contributed by atoms with Gasteiger partial charge in [-0.05, 0) is 57.8 Å². The number of halogens is 2. The van der Waals surface area contributed by atoms with Crippen LogP contribution in [0.25, 0.3) is 33.8 Å². The highest BCUT2D eigenvalue weighted by Gasteiger charge is 2.20. The Morgan fingerprint density at radius 2 is 1.55 bits per heavy atom. The Kier molecular flexibility index (Phi) is 5.29. The van der Waals surface area contributed by atoms with Gasteiger partial charge in [-0.1, -0.05) is 56.6 Å². The first-order valence-corrected chi connectivity index (χ1v) is 10.6. The Bertz CT molecular complexity index is 1180. The lowest BCUT2D eigenvalue weighted by Gasteiger charge is -2.18. The summed E-state index contributed by atoms with van der Waals surface area (Å²) >= 11 is 8.70. The molecule has 4 nitrogen and oxygen atoms in total. The third-order valence-corrected chi connectivity index (χ3v) is 6.07. The van der Waals surface area contributed by atoms with Crippen LogP contribution in [0.15, 0.2) is 52.9 Å². The van der Waals surface area contributed by atoms with Gasteiger partial charge in [-0.15, -0.1) is 0 Å². The minimum Gasteiger partial charge on any atom is -0.497 e. The highest BCUT2D eigenvalue weighted by molar-refractivity contribution is 14.1. The van der Waals surface area contributed by atoms with Crippen LogP contribution in [0.5, 0.6) is 5.75 Å². The van der Waals surface area contributed by atoms with Crippen LogP contribution >= 0.6 is 34.2 Å². The monoisotopic (exact) mass is 518 g/mol. The Balaban J connectivity index is 1.79. The first-order chi connectivity index (χ1) is 13.8. The number of rotatable bonds is 3. The summed E-state index contributed by atoms with van der Waals surface area (Å²) in [7, 11) is 1.63. The van der Waals surface area contributed by atoms with Crippen molar-refractivity contribution in [2.75, 3.05) is 7.11 Å². The number of hydrogen-bond donors (Lipinski definition) is 0. The van der Waals surface area contributed by atoms with Crippen LogP contribution in [-0.2, 0) is 5.41 Å². The molecule has 2 aromatic carbocycles. The van der Waals surface area contributed by atoms with Gasteiger partial charge in [-0.2, -0.15) is 0 Å². The molecule has 0 saturated heterocycles. The number of ether oxygens (including phenoxy) is 1. The number of furan rings is 1. The van der Waals surface area contributed by atoms with Crippen LogP contribution in [0.2, 0.25) is 5.15 Å². The summed E-state index contributed by atoms with van der Waals surface area (Å²) in [6.45, 7) is 6.59. The summed E-state index contributed by atoms with van der Waals surface area (Å²) in [5.41, 5.74) is 4.94. The van der Waals surface area contributed by atoms with Gasteiger partial charge >= 0.3 is 0 Å². The van der Waals surface area contributed by atoms with Crippen molar-refractivity contribution >= 4 is 45.4 Å². The molecule has 0 bridgehead atoms. The van der Waals surface area contributed by atoms with Gasteiger partial charge in [0.15, 0.2) is 10.9 Å². The molecule has 148 valence electrons. The Morgan fingerprint density at radius 3 is 2.14 bits per heavy atom. The van der Waals surface area contributed by atoms with E-state index in [2.05, 4.69) is 77.6 Å². The molecule has 0 radical (unpaired) electrons. The number of benzene rings is 2. The maximum Gasteiger partial charge on any atom is 0.247 e. The van der Waals surface area contributed by atoms with E-state index in [4.69, 9.17) is 20.8 Å². The fraction of sp³-hybridized carbons (Fsp3) is 0.217. The van der Waals surface area contributed by atoms with Gasteiger partial charge in [0.25, 0.3) is 0 Å². The Hall–Kier alpha value is -2.12. The molecule has 4 aromatic rings. The normalized spacial score (nSPS) is 11.8. The summed E-state index contributed by atoms with van der Waals surface area (Å²) in [5.74, 6) is 1.52. The second kappa shape index (κ2) is 7.61. The highest BCUT2D eigenvalue weighted by atomic mass is 127. The quantitative estimate of drug-likeness (QED) is 0.271. The van der Waals surface area contributed by atoms with Crippen molar-refractivity contribution in [1.82, 2.24) is 9.97 Å². The highest BCUT2D eigenvalue weighted by Crippen LogP contribution is 2.37. The van der Waals surface area contributed by atoms with Crippen molar-refractivity contribution in [2.45, 2.75) is 26.2 Å². The summed E-state index contributed by atoms with van der Waals surface area (Å²) in [6, 6.07) is 16.0. The molecular weight excluding hydrogens is 499 g/mol. The van der Waals surface area contributed by atoms with Gasteiger partial charge in [-0.3, -0.25) is 0 Å². The van der Waals surface area contributed by atoms with Crippen LogP contribution < -0.4 is 4.74 Å². The van der Waals surface area contributed by atoms with E-state index in [1.54, 1.807) is 7.11 Å². The second-order valence-electron chi connectivity index (χ2n) is 7.82. The molecule has 29 heavy (non-hydrogen) atoms. The Morgan fingerprint density at radius 1 is 0.931 bits per heavy atom. The van der Waals surface area contributed by atoms with Gasteiger partial charge in [0, 0.05) is 11.1 Å². The summed E-state index contributed by atoms with van der Waals surface area (Å²) in [4.78, 5) is 9.23. The molecule has 0 N–H and O–H groups in total. The van der Waals surface area contributed by atoms with E-state index in [-0.39, 0.29) is 5.41 Å². The van der Waals surface area contributed by atoms with E-state index >= 15 is 0 Å². The fourth-order valence-electron chi connectivity index (χ4n) is 3.10. The van der Waals surface area contributed by atoms with E-state index in [1.165, 1.54) is 5.56 Å². The molecular formula is C23H20ClIN2O2. The topological polar surface area (TPSA) is 48.2 Å². The standard InChI is InChI=1S/C23H20ClIN2O2/c1-23(2,3)15-9-5-14(6-10-15)20-17(25)19-22(29-20)27-18(21(24)26-19)13-7-11-16(28-4)12-8-13/h5-12H,1-4H3. The zero-order valence-corrected chi connectivity index (χ0v) is 19.5. The van der Waals surface area contributed by atoms with Crippen molar-refractivity contribution in [3.8, 4) is 28.3 Å². The first kappa shape index (κ1) is 20.2. The van der Waals surface area contributed by atoms with E-state index in [0.717, 1.165) is 26.2 Å². The summed E-state index contributed by atoms with van der Waals surface area (Å²) < 4.78 is 12.2. The molecule has 4 rings (SSSR count). The van der Waals surface area contributed by atoms with Gasteiger partial charge in [0.2, 0.25) is 5.71 Å². The molecule has 0 atom stereocenters. The first-order valence-electron chi connectivity index (χ1n) is 9.19. The van der Waals surface area contributed by atoms with Crippen LogP contribution in [-0.4, -0.2) is 17.1 Å². The van der Waals surface area contributed by atoms with Crippen molar-refractivity contribution < 1.29 is 9.15 Å². The van der Waals surface area contributed by atoms with Crippen molar-refractivity contribution in [3.05, 3.63) is 62.8 Å². The van der Waals surface area contributed by atoms with Gasteiger partial charge < -0.3 is 9.15 Å². The van der Waals surface area contributed by atoms with E-state index < -0.39 is 0 Å². The van der Waals surface area contributed by atoms with Crippen LogP contribution in [0.4, 0.5) is 0 Å². The van der Waals surface area contributed by atoms with Crippen LogP contribution in [0.3, 0.4) is 0 Å². The van der Waals surface area contributed by atoms with Crippen LogP contribution in [0, 0.1) is 3.57 Å². The summed E-state index contributed by atoms with van der Waals surface area (Å²) in [6.07, 6.45) is 0. The summed E-state index contributed by atoms with van der Waals surface area (Å²) in [5, 5.41) is 0.344. The number of aromatic nitrogens is 2. The zero-order valence-electron chi connectivity index (χ0n) is 16.6. The molecule has 0 aliphatic heterocycles. The van der Waals surface area contributed by atoms with Gasteiger partial charge in [-0.25, -0.2) is 9.97 Å². The largest absolute Gasteiger partial charge is 0.497 e. The van der Waals surface area contributed by atoms with Crippen molar-refractivity contribution in [3.63, 3.8) is 0 Å². The molecule has 0 unspecified atom stereocenters. The molecule has 0 spiro atoms. The average Bonchev–Trinajstić information content (AvgIpc) is 3.03. The molecule has 0 saturated carbocycles. The SMILES string of the molecule is COc1ccc(-c2nc3oc(-c4ccc(C(C)(C)C)cc4)c(I)c3nc2Cl)cc1. The molecule has 0 aliphatic carbocycles. The number of methoxy groups -OCH3 is 1. The zero-order chi connectivity index (χ0) is 20.8. The maximum atomic E-state index is 6.46. The minimum absolute atomic E-state index is 0.101. The van der Waals surface area contributed by atoms with Crippen molar-refractivity contribution in [2.24, 2.45) is 0 Å². The maximum absolute atomic E-state index is 6.46. The predicted octanol–water partition coefficient (Wildman–Crippen LogP) is 7.12. The van der Waals surface area contributed by atoms with E-state index in [1.807, 2.05) is 24.3 Å². The van der Waals surface area contributed by atoms with Crippen LogP contribution in [0.1, 0.15) is 26.3 Å². The van der Waals surface area contributed by atoms with E-state index in [9.17, 15) is 0 Å². The third-order valence-electron chi connectivity index (χ3n) is 4.80. The van der Waals surface area contributed by atoms with Gasteiger partial charge in [0.1, 0.15) is 17.0 Å². The average molecular weight is 519 g/mol. The predicted molar refractivity (Wildman–Crippen MR) is 126 cm³/mol. The molecule has 2 aromatic heterocycles. The molecule has 0 amide bonds. The fourth-order valence-corrected chi connectivity index (χ4v) is 4.11. The lowest BCUT2D eigenvalue weighted by molar-refractivity contribution is 0.415. The van der Waals surface area contributed by atoms with Gasteiger partial charge in [0.05, 0.1) is 10.7 Å². The third kappa shape index (κ3) is 3.85. The molecule has 6 heteroatoms. The molecule has 2 heterocycles. The minimum atomic E-state index is 0.101. The lowest BCUT2D eigenvalue weighted by atomic mass is 9.86. The number of hydrogen-bond acceptors (Lipinski definition) is 4. The number of fused-ring (bicyclic) bond motifs is 1. The molecule has 0 aliphatic rings. The second-order valence-corrected chi connectivity index (χ2v) is 9.25.